The van der Waals surface area contributed by atoms with Crippen molar-refractivity contribution in [2.45, 2.75) is 52.2 Å². The molecule has 3 heterocycles. The van der Waals surface area contributed by atoms with Gasteiger partial charge in [-0.3, -0.25) is 0 Å². The summed E-state index contributed by atoms with van der Waals surface area (Å²) >= 11 is 0. The Hall–Kier alpha value is -1.62. The maximum atomic E-state index is 4.38. The van der Waals surface area contributed by atoms with Gasteiger partial charge < -0.3 is 14.5 Å². The smallest absolute Gasteiger partial charge is 0.153 e. The van der Waals surface area contributed by atoms with Gasteiger partial charge >= 0.3 is 0 Å². The van der Waals surface area contributed by atoms with E-state index in [4.69, 9.17) is 0 Å². The molecule has 108 valence electrons. The third-order valence-corrected chi connectivity index (χ3v) is 3.90. The van der Waals surface area contributed by atoms with Gasteiger partial charge in [0.15, 0.2) is 5.82 Å². The Morgan fingerprint density at radius 1 is 1.30 bits per heavy atom. The molecule has 0 saturated carbocycles. The van der Waals surface area contributed by atoms with Crippen molar-refractivity contribution in [1.82, 2.24) is 24.6 Å². The highest BCUT2D eigenvalue weighted by Crippen LogP contribution is 2.15. The van der Waals surface area contributed by atoms with Crippen molar-refractivity contribution in [3.8, 4) is 0 Å². The topological polar surface area (TPSA) is 47.7 Å². The number of hydrogen-bond acceptors (Lipinski definition) is 3. The van der Waals surface area contributed by atoms with Crippen molar-refractivity contribution in [3.05, 3.63) is 35.7 Å². The molecule has 1 N–H and O–H groups in total. The maximum absolute atomic E-state index is 4.38. The summed E-state index contributed by atoms with van der Waals surface area (Å²) in [6.45, 7) is 6.06. The fraction of sp³-hybridized carbons (Fsp3) is 0.600. The molecule has 2 aromatic rings. The lowest BCUT2D eigenvalue weighted by Crippen LogP contribution is -2.19. The molecule has 3 rings (SSSR count). The molecule has 1 aliphatic rings. The van der Waals surface area contributed by atoms with Crippen LogP contribution in [0.1, 0.15) is 43.5 Å². The molecule has 20 heavy (non-hydrogen) atoms. The fourth-order valence-corrected chi connectivity index (χ4v) is 2.80. The largest absolute Gasteiger partial charge is 0.343 e. The van der Waals surface area contributed by atoms with E-state index < -0.39 is 0 Å². The van der Waals surface area contributed by atoms with Gasteiger partial charge in [0, 0.05) is 31.4 Å². The van der Waals surface area contributed by atoms with Gasteiger partial charge in [-0.15, -0.1) is 10.2 Å². The van der Waals surface area contributed by atoms with Gasteiger partial charge in [-0.05, 0) is 37.9 Å². The quantitative estimate of drug-likeness (QED) is 0.819. The molecule has 0 unspecified atom stereocenters. The summed E-state index contributed by atoms with van der Waals surface area (Å²) in [5.41, 5.74) is 1.31. The first kappa shape index (κ1) is 13.4. The van der Waals surface area contributed by atoms with Crippen LogP contribution in [-0.4, -0.2) is 25.9 Å². The first-order chi connectivity index (χ1) is 9.88. The van der Waals surface area contributed by atoms with Crippen LogP contribution < -0.4 is 5.32 Å². The third-order valence-electron chi connectivity index (χ3n) is 3.90. The normalized spacial score (nSPS) is 14.4. The molecule has 5 nitrogen and oxygen atoms in total. The average molecular weight is 273 g/mol. The summed E-state index contributed by atoms with van der Waals surface area (Å²) < 4.78 is 4.57. The lowest BCUT2D eigenvalue weighted by atomic mass is 10.2. The molecule has 0 amide bonds. The molecule has 0 fully saturated rings. The van der Waals surface area contributed by atoms with Crippen LogP contribution in [0.4, 0.5) is 0 Å². The predicted molar refractivity (Wildman–Crippen MR) is 78.5 cm³/mol. The molecule has 0 bridgehead atoms. The molecule has 5 heteroatoms. The van der Waals surface area contributed by atoms with Gasteiger partial charge in [0.2, 0.25) is 0 Å². The van der Waals surface area contributed by atoms with Crippen molar-refractivity contribution in [2.24, 2.45) is 0 Å². The van der Waals surface area contributed by atoms with E-state index in [0.717, 1.165) is 44.2 Å². The number of rotatable bonds is 6. The summed E-state index contributed by atoms with van der Waals surface area (Å²) in [5, 5.41) is 12.2. The van der Waals surface area contributed by atoms with Gasteiger partial charge in [0.05, 0.1) is 6.54 Å². The fourth-order valence-electron chi connectivity index (χ4n) is 2.80. The zero-order valence-electron chi connectivity index (χ0n) is 12.2. The van der Waals surface area contributed by atoms with Gasteiger partial charge in [-0.2, -0.15) is 0 Å². The highest BCUT2D eigenvalue weighted by molar-refractivity contribution is 5.10. The monoisotopic (exact) mass is 273 g/mol. The van der Waals surface area contributed by atoms with Crippen LogP contribution >= 0.6 is 0 Å². The minimum absolute atomic E-state index is 0.823. The lowest BCUT2D eigenvalue weighted by molar-refractivity contribution is 0.499. The first-order valence-corrected chi connectivity index (χ1v) is 7.64. The Bertz CT molecular complexity index is 554. The average Bonchev–Trinajstić information content (AvgIpc) is 3.08. The van der Waals surface area contributed by atoms with E-state index in [1.807, 2.05) is 0 Å². The van der Waals surface area contributed by atoms with Gasteiger partial charge in [-0.1, -0.05) is 6.92 Å². The van der Waals surface area contributed by atoms with E-state index in [0.29, 0.717) is 0 Å². The standard InChI is InChI=1S/C15H23N5/c1-2-8-16-11-13-6-5-9-19(13)12-15-18-17-14-7-3-4-10-20(14)15/h5-6,9,16H,2-4,7-8,10-12H2,1H3. The van der Waals surface area contributed by atoms with E-state index in [1.54, 1.807) is 0 Å². The summed E-state index contributed by atoms with van der Waals surface area (Å²) in [7, 11) is 0. The number of hydrogen-bond donors (Lipinski definition) is 1. The van der Waals surface area contributed by atoms with Crippen LogP contribution in [-0.2, 0) is 26.1 Å². The van der Waals surface area contributed by atoms with Crippen LogP contribution in [0, 0.1) is 0 Å². The zero-order chi connectivity index (χ0) is 13.8. The van der Waals surface area contributed by atoms with E-state index >= 15 is 0 Å². The molecule has 1 aliphatic heterocycles. The number of aromatic nitrogens is 4. The summed E-state index contributed by atoms with van der Waals surface area (Å²) in [6, 6.07) is 4.28. The zero-order valence-corrected chi connectivity index (χ0v) is 12.2. The molecular formula is C15H23N5. The van der Waals surface area contributed by atoms with E-state index in [2.05, 4.69) is 49.9 Å². The second kappa shape index (κ2) is 6.22. The molecule has 0 aromatic carbocycles. The SMILES string of the molecule is CCCNCc1cccn1Cc1nnc2n1CCCC2. The molecule has 0 saturated heterocycles. The van der Waals surface area contributed by atoms with Crippen molar-refractivity contribution < 1.29 is 0 Å². The molecule has 0 radical (unpaired) electrons. The second-order valence-electron chi connectivity index (χ2n) is 5.45. The predicted octanol–water partition coefficient (Wildman–Crippen LogP) is 1.96. The van der Waals surface area contributed by atoms with Crippen molar-refractivity contribution in [2.75, 3.05) is 6.54 Å². The molecule has 0 atom stereocenters. The Labute approximate surface area is 120 Å². The van der Waals surface area contributed by atoms with Gasteiger partial charge in [-0.25, -0.2) is 0 Å². The number of fused-ring (bicyclic) bond motifs is 1. The highest BCUT2D eigenvalue weighted by atomic mass is 15.3. The van der Waals surface area contributed by atoms with Gasteiger partial charge in [0.25, 0.3) is 0 Å². The number of nitrogens with zero attached hydrogens (tertiary/aromatic N) is 4. The minimum Gasteiger partial charge on any atom is -0.343 e. The van der Waals surface area contributed by atoms with Crippen LogP contribution in [0.15, 0.2) is 18.3 Å². The summed E-state index contributed by atoms with van der Waals surface area (Å²) in [6.07, 6.45) is 6.86. The maximum Gasteiger partial charge on any atom is 0.153 e. The molecule has 0 aliphatic carbocycles. The van der Waals surface area contributed by atoms with Crippen LogP contribution in [0.25, 0.3) is 0 Å². The number of aryl methyl sites for hydroxylation is 1. The lowest BCUT2D eigenvalue weighted by Gasteiger charge is -2.16. The van der Waals surface area contributed by atoms with Crippen LogP contribution in [0.3, 0.4) is 0 Å². The summed E-state index contributed by atoms with van der Waals surface area (Å²) in [4.78, 5) is 0. The van der Waals surface area contributed by atoms with Crippen molar-refractivity contribution >= 4 is 0 Å². The van der Waals surface area contributed by atoms with E-state index in [1.165, 1.54) is 25.0 Å². The van der Waals surface area contributed by atoms with Crippen LogP contribution in [0.2, 0.25) is 0 Å². The van der Waals surface area contributed by atoms with Crippen molar-refractivity contribution in [3.63, 3.8) is 0 Å². The second-order valence-corrected chi connectivity index (χ2v) is 5.45. The van der Waals surface area contributed by atoms with Gasteiger partial charge in [0.1, 0.15) is 5.82 Å². The Kier molecular flexibility index (Phi) is 4.16. The van der Waals surface area contributed by atoms with E-state index in [9.17, 15) is 0 Å². The molecular weight excluding hydrogens is 250 g/mol. The first-order valence-electron chi connectivity index (χ1n) is 7.64. The van der Waals surface area contributed by atoms with Crippen LogP contribution in [0.5, 0.6) is 0 Å². The third kappa shape index (κ3) is 2.77. The minimum atomic E-state index is 0.823. The Morgan fingerprint density at radius 2 is 2.25 bits per heavy atom. The highest BCUT2D eigenvalue weighted by Gasteiger charge is 2.16. The Morgan fingerprint density at radius 3 is 3.15 bits per heavy atom. The molecule has 0 spiro atoms. The summed E-state index contributed by atoms with van der Waals surface area (Å²) in [5.74, 6) is 2.25. The van der Waals surface area contributed by atoms with Crippen molar-refractivity contribution in [1.29, 1.82) is 0 Å². The molecule has 2 aromatic heterocycles. The van der Waals surface area contributed by atoms with E-state index in [-0.39, 0.29) is 0 Å². The number of nitrogens with one attached hydrogen (secondary N) is 1. The Balaban J connectivity index is 1.71.